The van der Waals surface area contributed by atoms with Gasteiger partial charge in [0.05, 0.1) is 0 Å². The predicted octanol–water partition coefficient (Wildman–Crippen LogP) is 1.94. The summed E-state index contributed by atoms with van der Waals surface area (Å²) < 4.78 is 12.7. The number of guanidine groups is 1. The molecule has 17 heavy (non-hydrogen) atoms. The van der Waals surface area contributed by atoms with Gasteiger partial charge in [0.1, 0.15) is 5.82 Å². The summed E-state index contributed by atoms with van der Waals surface area (Å²) in [4.78, 5) is 4.11. The Kier molecular flexibility index (Phi) is 5.46. The van der Waals surface area contributed by atoms with E-state index in [1.807, 2.05) is 0 Å². The third-order valence-corrected chi connectivity index (χ3v) is 2.27. The Morgan fingerprint density at radius 3 is 2.47 bits per heavy atom. The van der Waals surface area contributed by atoms with Crippen LogP contribution in [0.4, 0.5) is 4.39 Å². The van der Waals surface area contributed by atoms with Gasteiger partial charge < -0.3 is 10.6 Å². The maximum Gasteiger partial charge on any atom is 0.191 e. The second-order valence-electron chi connectivity index (χ2n) is 4.17. The Bertz CT molecular complexity index is 357. The molecule has 1 rings (SSSR count). The van der Waals surface area contributed by atoms with Gasteiger partial charge in [-0.25, -0.2) is 4.39 Å². The molecule has 0 spiro atoms. The summed E-state index contributed by atoms with van der Waals surface area (Å²) in [6.45, 7) is 4.90. The predicted molar refractivity (Wildman–Crippen MR) is 69.7 cm³/mol. The third-order valence-electron chi connectivity index (χ3n) is 2.27. The number of nitrogens with one attached hydrogen (secondary N) is 2. The van der Waals surface area contributed by atoms with E-state index in [0.717, 1.165) is 24.5 Å². The van der Waals surface area contributed by atoms with E-state index in [2.05, 4.69) is 29.5 Å². The lowest BCUT2D eigenvalue weighted by molar-refractivity contribution is 0.626. The summed E-state index contributed by atoms with van der Waals surface area (Å²) >= 11 is 0. The van der Waals surface area contributed by atoms with Crippen molar-refractivity contribution in [2.75, 3.05) is 13.6 Å². The van der Waals surface area contributed by atoms with Gasteiger partial charge in [-0.15, -0.1) is 0 Å². The summed E-state index contributed by atoms with van der Waals surface area (Å²) in [6, 6.07) is 6.92. The molecule has 0 atom stereocenters. The van der Waals surface area contributed by atoms with Crippen LogP contribution in [0.15, 0.2) is 29.3 Å². The Morgan fingerprint density at radius 2 is 1.94 bits per heavy atom. The van der Waals surface area contributed by atoms with Gasteiger partial charge >= 0.3 is 0 Å². The van der Waals surface area contributed by atoms with Crippen molar-refractivity contribution in [3.63, 3.8) is 0 Å². The third kappa shape index (κ3) is 5.33. The highest BCUT2D eigenvalue weighted by atomic mass is 19.1. The lowest BCUT2D eigenvalue weighted by Crippen LogP contribution is -2.41. The minimum atomic E-state index is -0.195. The fraction of sp³-hybridized carbons (Fsp3) is 0.462. The van der Waals surface area contributed by atoms with Gasteiger partial charge in [-0.3, -0.25) is 4.99 Å². The highest BCUT2D eigenvalue weighted by Gasteiger charge is 1.99. The molecule has 0 aliphatic carbocycles. The molecule has 1 aromatic rings. The van der Waals surface area contributed by atoms with Crippen molar-refractivity contribution in [2.24, 2.45) is 4.99 Å². The van der Waals surface area contributed by atoms with E-state index in [1.165, 1.54) is 12.1 Å². The first-order valence-electron chi connectivity index (χ1n) is 5.83. The largest absolute Gasteiger partial charge is 0.356 e. The van der Waals surface area contributed by atoms with Crippen LogP contribution in [0.2, 0.25) is 0 Å². The molecule has 94 valence electrons. The number of rotatable bonds is 4. The lowest BCUT2D eigenvalue weighted by atomic mass is 10.1. The van der Waals surface area contributed by atoms with Crippen LogP contribution in [0.3, 0.4) is 0 Å². The van der Waals surface area contributed by atoms with Gasteiger partial charge in [-0.05, 0) is 38.0 Å². The highest BCUT2D eigenvalue weighted by Crippen LogP contribution is 2.02. The average molecular weight is 237 g/mol. The molecule has 0 aliphatic rings. The first-order valence-corrected chi connectivity index (χ1v) is 5.83. The zero-order valence-electron chi connectivity index (χ0n) is 10.6. The van der Waals surface area contributed by atoms with Crippen molar-refractivity contribution in [3.8, 4) is 0 Å². The van der Waals surface area contributed by atoms with E-state index in [-0.39, 0.29) is 5.82 Å². The van der Waals surface area contributed by atoms with Gasteiger partial charge in [-0.2, -0.15) is 0 Å². The van der Waals surface area contributed by atoms with Crippen LogP contribution in [0.25, 0.3) is 0 Å². The Balaban J connectivity index is 2.34. The van der Waals surface area contributed by atoms with Crippen molar-refractivity contribution in [1.82, 2.24) is 10.6 Å². The summed E-state index contributed by atoms with van der Waals surface area (Å²) in [5.41, 5.74) is 1.11. The smallest absolute Gasteiger partial charge is 0.191 e. The molecule has 0 saturated carbocycles. The number of aliphatic imine (C=N–C) groups is 1. The molecule has 0 aliphatic heterocycles. The molecule has 0 bridgehead atoms. The normalized spacial score (nSPS) is 11.7. The number of hydrogen-bond acceptors (Lipinski definition) is 1. The number of halogens is 1. The molecule has 0 fully saturated rings. The second kappa shape index (κ2) is 6.89. The number of benzene rings is 1. The van der Waals surface area contributed by atoms with Crippen molar-refractivity contribution >= 4 is 5.96 Å². The zero-order chi connectivity index (χ0) is 12.7. The molecule has 2 N–H and O–H groups in total. The molecule has 0 unspecified atom stereocenters. The monoisotopic (exact) mass is 237 g/mol. The first-order chi connectivity index (χ1) is 8.11. The van der Waals surface area contributed by atoms with Crippen LogP contribution in [0, 0.1) is 5.82 Å². The van der Waals surface area contributed by atoms with Gasteiger partial charge in [0.2, 0.25) is 0 Å². The van der Waals surface area contributed by atoms with Crippen molar-refractivity contribution in [2.45, 2.75) is 26.3 Å². The zero-order valence-corrected chi connectivity index (χ0v) is 10.6. The van der Waals surface area contributed by atoms with E-state index in [4.69, 9.17) is 0 Å². The van der Waals surface area contributed by atoms with Crippen LogP contribution in [0.1, 0.15) is 19.4 Å². The van der Waals surface area contributed by atoms with E-state index >= 15 is 0 Å². The van der Waals surface area contributed by atoms with Gasteiger partial charge in [0.25, 0.3) is 0 Å². The van der Waals surface area contributed by atoms with Crippen LogP contribution in [-0.2, 0) is 6.42 Å². The van der Waals surface area contributed by atoms with E-state index in [0.29, 0.717) is 6.04 Å². The summed E-state index contributed by atoms with van der Waals surface area (Å²) in [5.74, 6) is 0.598. The Morgan fingerprint density at radius 1 is 1.29 bits per heavy atom. The van der Waals surface area contributed by atoms with E-state index in [9.17, 15) is 4.39 Å². The lowest BCUT2D eigenvalue weighted by Gasteiger charge is -2.14. The first kappa shape index (κ1) is 13.5. The van der Waals surface area contributed by atoms with Crippen molar-refractivity contribution in [3.05, 3.63) is 35.6 Å². The Hall–Kier alpha value is -1.58. The topological polar surface area (TPSA) is 36.4 Å². The highest BCUT2D eigenvalue weighted by molar-refractivity contribution is 5.79. The fourth-order valence-electron chi connectivity index (χ4n) is 1.44. The Labute approximate surface area is 102 Å². The molecule has 3 nitrogen and oxygen atoms in total. The number of hydrogen-bond donors (Lipinski definition) is 2. The summed E-state index contributed by atoms with van der Waals surface area (Å²) in [7, 11) is 1.75. The van der Waals surface area contributed by atoms with Gasteiger partial charge in [0, 0.05) is 19.6 Å². The molecule has 1 aromatic carbocycles. The van der Waals surface area contributed by atoms with Crippen LogP contribution in [-0.4, -0.2) is 25.6 Å². The second-order valence-corrected chi connectivity index (χ2v) is 4.17. The maximum absolute atomic E-state index is 12.7. The SMILES string of the molecule is CN=C(NCCc1ccc(F)cc1)NC(C)C. The molecule has 0 radical (unpaired) electrons. The molecular formula is C13H20FN3. The van der Waals surface area contributed by atoms with E-state index in [1.54, 1.807) is 19.2 Å². The van der Waals surface area contributed by atoms with Gasteiger partial charge in [-0.1, -0.05) is 12.1 Å². The quantitative estimate of drug-likeness (QED) is 0.620. The fourth-order valence-corrected chi connectivity index (χ4v) is 1.44. The van der Waals surface area contributed by atoms with Gasteiger partial charge in [0.15, 0.2) is 5.96 Å². The maximum atomic E-state index is 12.7. The van der Waals surface area contributed by atoms with Crippen molar-refractivity contribution < 1.29 is 4.39 Å². The van der Waals surface area contributed by atoms with Crippen LogP contribution in [0.5, 0.6) is 0 Å². The van der Waals surface area contributed by atoms with Crippen LogP contribution >= 0.6 is 0 Å². The summed E-state index contributed by atoms with van der Waals surface area (Å²) in [5, 5.41) is 6.41. The molecule has 0 amide bonds. The standard InChI is InChI=1S/C13H20FN3/c1-10(2)17-13(15-3)16-9-8-11-4-6-12(14)7-5-11/h4-7,10H,8-9H2,1-3H3,(H2,15,16,17). The summed E-state index contributed by atoms with van der Waals surface area (Å²) in [6.07, 6.45) is 0.846. The molecule has 4 heteroatoms. The minimum Gasteiger partial charge on any atom is -0.356 e. The number of nitrogens with zero attached hydrogens (tertiary/aromatic N) is 1. The molecule has 0 saturated heterocycles. The molecule has 0 heterocycles. The molecular weight excluding hydrogens is 217 g/mol. The van der Waals surface area contributed by atoms with Crippen LogP contribution < -0.4 is 10.6 Å². The minimum absolute atomic E-state index is 0.195. The van der Waals surface area contributed by atoms with Crippen molar-refractivity contribution in [1.29, 1.82) is 0 Å². The molecule has 0 aromatic heterocycles. The average Bonchev–Trinajstić information content (AvgIpc) is 2.30. The van der Waals surface area contributed by atoms with E-state index < -0.39 is 0 Å².